The highest BCUT2D eigenvalue weighted by atomic mass is 16.7. The van der Waals surface area contributed by atoms with Gasteiger partial charge in [0, 0.05) is 17.9 Å². The van der Waals surface area contributed by atoms with Crippen LogP contribution in [0.4, 0.5) is 0 Å². The van der Waals surface area contributed by atoms with E-state index in [1.165, 1.54) is 6.08 Å². The Bertz CT molecular complexity index is 665. The van der Waals surface area contributed by atoms with Crippen molar-refractivity contribution in [2.24, 2.45) is 23.7 Å². The Labute approximate surface area is 191 Å². The molecule has 32 heavy (non-hydrogen) atoms. The highest BCUT2D eigenvalue weighted by Gasteiger charge is 2.41. The maximum Gasteiger partial charge on any atom is 0.311 e. The van der Waals surface area contributed by atoms with Crippen LogP contribution < -0.4 is 0 Å². The molecule has 0 aliphatic carbocycles. The SMILES string of the molecule is CC1CC(C)C(OC2OCCC(N(C)C)C2O)C(C)C(=O)OC(C(C)O)C(C)C=CC1=O. The van der Waals surface area contributed by atoms with E-state index in [4.69, 9.17) is 14.2 Å². The molecule has 2 heterocycles. The number of hydrogen-bond donors (Lipinski definition) is 2. The van der Waals surface area contributed by atoms with Crippen LogP contribution in [-0.4, -0.2) is 84.3 Å². The summed E-state index contributed by atoms with van der Waals surface area (Å²) in [5, 5.41) is 21.0. The monoisotopic (exact) mass is 455 g/mol. The molecular weight excluding hydrogens is 414 g/mol. The van der Waals surface area contributed by atoms with Gasteiger partial charge in [-0.1, -0.05) is 26.8 Å². The van der Waals surface area contributed by atoms with Crippen LogP contribution in [0.5, 0.6) is 0 Å². The Morgan fingerprint density at radius 2 is 1.84 bits per heavy atom. The zero-order valence-corrected chi connectivity index (χ0v) is 20.4. The number of aliphatic hydroxyl groups excluding tert-OH is 2. The minimum absolute atomic E-state index is 0.0204. The van der Waals surface area contributed by atoms with Crippen molar-refractivity contribution in [3.8, 4) is 0 Å². The number of likely N-dealkylation sites (N-methyl/N-ethyl adjacent to an activating group) is 1. The smallest absolute Gasteiger partial charge is 0.311 e. The molecule has 0 aromatic heterocycles. The molecule has 2 rings (SSSR count). The van der Waals surface area contributed by atoms with E-state index in [0.29, 0.717) is 19.4 Å². The summed E-state index contributed by atoms with van der Waals surface area (Å²) >= 11 is 0. The number of cyclic esters (lactones) is 1. The fourth-order valence-electron chi connectivity index (χ4n) is 4.69. The maximum atomic E-state index is 13.1. The first-order valence-corrected chi connectivity index (χ1v) is 11.7. The minimum Gasteiger partial charge on any atom is -0.459 e. The number of nitrogens with zero attached hydrogens (tertiary/aromatic N) is 1. The van der Waals surface area contributed by atoms with E-state index in [0.717, 1.165) is 0 Å². The zero-order chi connectivity index (χ0) is 24.2. The van der Waals surface area contributed by atoms with Crippen LogP contribution in [0.3, 0.4) is 0 Å². The first-order valence-electron chi connectivity index (χ1n) is 11.7. The minimum atomic E-state index is -0.901. The summed E-state index contributed by atoms with van der Waals surface area (Å²) in [7, 11) is 3.79. The van der Waals surface area contributed by atoms with E-state index in [1.807, 2.05) is 32.8 Å². The summed E-state index contributed by atoms with van der Waals surface area (Å²) in [6, 6.07) is -0.122. The van der Waals surface area contributed by atoms with Gasteiger partial charge in [0.05, 0.1) is 24.7 Å². The molecule has 0 aromatic rings. The van der Waals surface area contributed by atoms with Gasteiger partial charge in [0.1, 0.15) is 12.2 Å². The van der Waals surface area contributed by atoms with E-state index in [2.05, 4.69) is 0 Å². The number of aliphatic hydroxyl groups is 2. The van der Waals surface area contributed by atoms with E-state index < -0.39 is 42.6 Å². The lowest BCUT2D eigenvalue weighted by Gasteiger charge is -2.41. The second-order valence-electron chi connectivity index (χ2n) is 9.82. The van der Waals surface area contributed by atoms with Gasteiger partial charge in [-0.25, -0.2) is 0 Å². The first kappa shape index (κ1) is 26.9. The fraction of sp³-hybridized carbons (Fsp3) is 0.833. The van der Waals surface area contributed by atoms with Crippen LogP contribution >= 0.6 is 0 Å². The summed E-state index contributed by atoms with van der Waals surface area (Å²) < 4.78 is 17.7. The highest BCUT2D eigenvalue weighted by Crippen LogP contribution is 2.31. The zero-order valence-electron chi connectivity index (χ0n) is 20.4. The summed E-state index contributed by atoms with van der Waals surface area (Å²) in [5.41, 5.74) is 0. The normalized spacial score (nSPS) is 41.0. The van der Waals surface area contributed by atoms with Gasteiger partial charge in [0.15, 0.2) is 12.1 Å². The third-order valence-corrected chi connectivity index (χ3v) is 6.77. The molecule has 0 bridgehead atoms. The molecule has 8 nitrogen and oxygen atoms in total. The van der Waals surface area contributed by atoms with E-state index in [9.17, 15) is 19.8 Å². The van der Waals surface area contributed by atoms with Crippen molar-refractivity contribution < 1.29 is 34.0 Å². The Kier molecular flexibility index (Phi) is 9.85. The van der Waals surface area contributed by atoms with E-state index in [1.54, 1.807) is 26.8 Å². The lowest BCUT2D eigenvalue weighted by Crippen LogP contribution is -2.54. The molecule has 10 atom stereocenters. The lowest BCUT2D eigenvalue weighted by atomic mass is 9.84. The predicted molar refractivity (Wildman–Crippen MR) is 120 cm³/mol. The average molecular weight is 456 g/mol. The van der Waals surface area contributed by atoms with Crippen LogP contribution in [0, 0.1) is 23.7 Å². The Balaban J connectivity index is 2.32. The van der Waals surface area contributed by atoms with Gasteiger partial charge in [-0.2, -0.15) is 0 Å². The van der Waals surface area contributed by atoms with Crippen molar-refractivity contribution in [2.45, 2.75) is 84.2 Å². The van der Waals surface area contributed by atoms with Crippen LogP contribution in [0.15, 0.2) is 12.2 Å². The van der Waals surface area contributed by atoms with Crippen molar-refractivity contribution in [2.75, 3.05) is 20.7 Å². The van der Waals surface area contributed by atoms with Crippen molar-refractivity contribution in [3.63, 3.8) is 0 Å². The largest absolute Gasteiger partial charge is 0.459 e. The number of allylic oxidation sites excluding steroid dienone is 1. The maximum absolute atomic E-state index is 13.1. The van der Waals surface area contributed by atoms with Gasteiger partial charge in [-0.05, 0) is 52.8 Å². The number of hydrogen-bond acceptors (Lipinski definition) is 8. The molecular formula is C24H41NO7. The number of rotatable bonds is 4. The quantitative estimate of drug-likeness (QED) is 0.618. The number of ether oxygens (including phenoxy) is 3. The standard InChI is InChI=1S/C24H41NO7/c1-13-8-9-19(27)14(2)12-15(3)21(16(4)23(29)31-22(13)17(5)26)32-24-20(28)18(25(6)7)10-11-30-24/h8-9,13-18,20-22,24,26,28H,10-12H2,1-7H3. The summed E-state index contributed by atoms with van der Waals surface area (Å²) in [5.74, 6) is -1.96. The molecule has 2 aliphatic heterocycles. The molecule has 184 valence electrons. The van der Waals surface area contributed by atoms with Crippen LogP contribution in [0.1, 0.15) is 47.5 Å². The third kappa shape index (κ3) is 6.60. The van der Waals surface area contributed by atoms with E-state index >= 15 is 0 Å². The Morgan fingerprint density at radius 1 is 1.19 bits per heavy atom. The number of carbonyl (C=O) groups excluding carboxylic acids is 2. The predicted octanol–water partition coefficient (Wildman–Crippen LogP) is 1.78. The molecule has 10 unspecified atom stereocenters. The highest BCUT2D eigenvalue weighted by molar-refractivity contribution is 5.91. The molecule has 1 saturated heterocycles. The number of ketones is 1. The molecule has 2 N–H and O–H groups in total. The van der Waals surface area contributed by atoms with Gasteiger partial charge in [0.2, 0.25) is 0 Å². The summed E-state index contributed by atoms with van der Waals surface area (Å²) in [4.78, 5) is 27.7. The second kappa shape index (κ2) is 11.7. The van der Waals surface area contributed by atoms with Crippen LogP contribution in [0.25, 0.3) is 0 Å². The molecule has 8 heteroatoms. The fourth-order valence-corrected chi connectivity index (χ4v) is 4.69. The second-order valence-corrected chi connectivity index (χ2v) is 9.82. The van der Waals surface area contributed by atoms with Gasteiger partial charge in [-0.3, -0.25) is 9.59 Å². The van der Waals surface area contributed by atoms with Crippen molar-refractivity contribution >= 4 is 11.8 Å². The Morgan fingerprint density at radius 3 is 2.44 bits per heavy atom. The topological polar surface area (TPSA) is 106 Å². The molecule has 2 aliphatic rings. The molecule has 0 spiro atoms. The summed E-state index contributed by atoms with van der Waals surface area (Å²) in [6.07, 6.45) is 0.330. The Hall–Kier alpha value is -1.32. The van der Waals surface area contributed by atoms with Gasteiger partial charge in [-0.15, -0.1) is 0 Å². The summed E-state index contributed by atoms with van der Waals surface area (Å²) in [6.45, 7) is 9.32. The molecule has 0 radical (unpaired) electrons. The van der Waals surface area contributed by atoms with Gasteiger partial charge < -0.3 is 29.3 Å². The molecule has 0 saturated carbocycles. The van der Waals surface area contributed by atoms with Crippen molar-refractivity contribution in [1.82, 2.24) is 4.90 Å². The molecule has 1 fully saturated rings. The third-order valence-electron chi connectivity index (χ3n) is 6.77. The number of carbonyl (C=O) groups is 2. The first-order chi connectivity index (χ1) is 14.9. The average Bonchev–Trinajstić information content (AvgIpc) is 2.72. The van der Waals surface area contributed by atoms with Crippen molar-refractivity contribution in [3.05, 3.63) is 12.2 Å². The number of esters is 1. The van der Waals surface area contributed by atoms with Crippen LogP contribution in [-0.2, 0) is 23.8 Å². The van der Waals surface area contributed by atoms with Crippen molar-refractivity contribution in [1.29, 1.82) is 0 Å². The molecule has 0 aromatic carbocycles. The molecule has 0 amide bonds. The van der Waals surface area contributed by atoms with Gasteiger partial charge in [0.25, 0.3) is 0 Å². The lowest BCUT2D eigenvalue weighted by molar-refractivity contribution is -0.262. The van der Waals surface area contributed by atoms with Crippen LogP contribution in [0.2, 0.25) is 0 Å². The van der Waals surface area contributed by atoms with E-state index in [-0.39, 0.29) is 29.6 Å². The van der Waals surface area contributed by atoms with Gasteiger partial charge >= 0.3 is 5.97 Å².